The molecule has 2 aromatic carbocycles. The highest BCUT2D eigenvalue weighted by molar-refractivity contribution is 7.98. The third-order valence-electron chi connectivity index (χ3n) is 4.09. The van der Waals surface area contributed by atoms with E-state index in [-0.39, 0.29) is 0 Å². The SMILES string of the molecule is COc1cccc(-c2nc(CSc3ccc4c(c3)OCCO4)cs2)c1OC. The fourth-order valence-corrected chi connectivity index (χ4v) is 4.59. The smallest absolute Gasteiger partial charge is 0.170 e. The zero-order chi connectivity index (χ0) is 18.6. The molecule has 0 N–H and O–H groups in total. The number of nitrogens with zero attached hydrogens (tertiary/aromatic N) is 1. The number of fused-ring (bicyclic) bond motifs is 1. The number of para-hydroxylation sites is 1. The summed E-state index contributed by atoms with van der Waals surface area (Å²) in [6, 6.07) is 11.9. The minimum absolute atomic E-state index is 0.596. The van der Waals surface area contributed by atoms with Crippen molar-refractivity contribution >= 4 is 23.1 Å². The Hall–Kier alpha value is -2.38. The highest BCUT2D eigenvalue weighted by Gasteiger charge is 2.15. The molecule has 2 heterocycles. The van der Waals surface area contributed by atoms with Gasteiger partial charge >= 0.3 is 0 Å². The van der Waals surface area contributed by atoms with Crippen molar-refractivity contribution in [3.8, 4) is 33.6 Å². The molecule has 0 aliphatic carbocycles. The van der Waals surface area contributed by atoms with E-state index in [1.807, 2.05) is 30.3 Å². The van der Waals surface area contributed by atoms with Crippen molar-refractivity contribution in [3.63, 3.8) is 0 Å². The molecule has 140 valence electrons. The summed E-state index contributed by atoms with van der Waals surface area (Å²) in [4.78, 5) is 5.91. The van der Waals surface area contributed by atoms with Gasteiger partial charge in [-0.25, -0.2) is 4.98 Å². The lowest BCUT2D eigenvalue weighted by Crippen LogP contribution is -2.15. The van der Waals surface area contributed by atoms with Gasteiger partial charge in [0.25, 0.3) is 0 Å². The van der Waals surface area contributed by atoms with Crippen LogP contribution in [0.15, 0.2) is 46.7 Å². The number of thioether (sulfide) groups is 1. The van der Waals surface area contributed by atoms with Crippen molar-refractivity contribution in [1.82, 2.24) is 4.98 Å². The molecule has 1 aliphatic heterocycles. The Kier molecular flexibility index (Phi) is 5.40. The quantitative estimate of drug-likeness (QED) is 0.548. The molecule has 27 heavy (non-hydrogen) atoms. The molecule has 0 spiro atoms. The van der Waals surface area contributed by atoms with Gasteiger partial charge in [-0.2, -0.15) is 0 Å². The van der Waals surface area contributed by atoms with Gasteiger partial charge in [0, 0.05) is 16.0 Å². The zero-order valence-electron chi connectivity index (χ0n) is 15.1. The van der Waals surface area contributed by atoms with Crippen LogP contribution in [-0.2, 0) is 5.75 Å². The fourth-order valence-electron chi connectivity index (χ4n) is 2.82. The summed E-state index contributed by atoms with van der Waals surface area (Å²) in [7, 11) is 3.28. The summed E-state index contributed by atoms with van der Waals surface area (Å²) in [5.74, 6) is 3.82. The van der Waals surface area contributed by atoms with Crippen molar-refractivity contribution in [2.75, 3.05) is 27.4 Å². The van der Waals surface area contributed by atoms with Crippen molar-refractivity contribution < 1.29 is 18.9 Å². The monoisotopic (exact) mass is 401 g/mol. The first kappa shape index (κ1) is 18.0. The summed E-state index contributed by atoms with van der Waals surface area (Å²) >= 11 is 3.33. The third-order valence-corrected chi connectivity index (χ3v) is 6.04. The summed E-state index contributed by atoms with van der Waals surface area (Å²) in [5.41, 5.74) is 1.97. The van der Waals surface area contributed by atoms with Gasteiger partial charge in [-0.15, -0.1) is 23.1 Å². The number of hydrogen-bond acceptors (Lipinski definition) is 7. The van der Waals surface area contributed by atoms with Crippen molar-refractivity contribution in [2.45, 2.75) is 10.6 Å². The van der Waals surface area contributed by atoms with E-state index in [1.165, 1.54) is 0 Å². The van der Waals surface area contributed by atoms with Gasteiger partial charge in [-0.05, 0) is 30.3 Å². The Balaban J connectivity index is 1.49. The molecular weight excluding hydrogens is 382 g/mol. The zero-order valence-corrected chi connectivity index (χ0v) is 16.7. The number of thiazole rings is 1. The molecule has 0 unspecified atom stereocenters. The van der Waals surface area contributed by atoms with Crippen molar-refractivity contribution in [2.24, 2.45) is 0 Å². The molecule has 1 aliphatic rings. The third kappa shape index (κ3) is 3.84. The van der Waals surface area contributed by atoms with E-state index in [2.05, 4.69) is 11.4 Å². The summed E-state index contributed by atoms with van der Waals surface area (Å²) in [6.45, 7) is 1.20. The molecular formula is C20H19NO4S2. The molecule has 0 saturated heterocycles. The minimum atomic E-state index is 0.596. The molecule has 0 atom stereocenters. The van der Waals surface area contributed by atoms with Gasteiger partial charge in [-0.1, -0.05) is 6.07 Å². The van der Waals surface area contributed by atoms with Crippen LogP contribution in [0.3, 0.4) is 0 Å². The van der Waals surface area contributed by atoms with Crippen LogP contribution in [0.2, 0.25) is 0 Å². The molecule has 0 fully saturated rings. The standard InChI is InChI=1S/C20H19NO4S2/c1-22-17-5-3-4-15(19(17)23-2)20-21-13(12-27-20)11-26-14-6-7-16-18(10-14)25-9-8-24-16/h3-7,10,12H,8-9,11H2,1-2H3. The molecule has 5 nitrogen and oxygen atoms in total. The highest BCUT2D eigenvalue weighted by atomic mass is 32.2. The van der Waals surface area contributed by atoms with Gasteiger partial charge in [-0.3, -0.25) is 0 Å². The number of rotatable bonds is 6. The van der Waals surface area contributed by atoms with E-state index in [4.69, 9.17) is 23.9 Å². The van der Waals surface area contributed by atoms with E-state index >= 15 is 0 Å². The molecule has 0 saturated carbocycles. The van der Waals surface area contributed by atoms with E-state index in [0.29, 0.717) is 24.7 Å². The summed E-state index contributed by atoms with van der Waals surface area (Å²) < 4.78 is 22.1. The predicted octanol–water partition coefficient (Wildman–Crippen LogP) is 4.89. The Bertz CT molecular complexity index is 941. The average Bonchev–Trinajstić information content (AvgIpc) is 3.20. The topological polar surface area (TPSA) is 49.8 Å². The number of aromatic nitrogens is 1. The number of methoxy groups -OCH3 is 2. The maximum absolute atomic E-state index is 5.65. The molecule has 1 aromatic heterocycles. The maximum atomic E-state index is 5.65. The van der Waals surface area contributed by atoms with E-state index in [0.717, 1.165) is 38.4 Å². The van der Waals surface area contributed by atoms with E-state index < -0.39 is 0 Å². The second kappa shape index (κ2) is 8.10. The van der Waals surface area contributed by atoms with Crippen LogP contribution in [0.1, 0.15) is 5.69 Å². The van der Waals surface area contributed by atoms with E-state index in [1.54, 1.807) is 37.3 Å². The Morgan fingerprint density at radius 3 is 2.74 bits per heavy atom. The van der Waals surface area contributed by atoms with Crippen LogP contribution in [-0.4, -0.2) is 32.4 Å². The molecule has 0 bridgehead atoms. The Morgan fingerprint density at radius 1 is 1.07 bits per heavy atom. The molecule has 3 aromatic rings. The van der Waals surface area contributed by atoms with Crippen molar-refractivity contribution in [3.05, 3.63) is 47.5 Å². The molecule has 4 rings (SSSR count). The van der Waals surface area contributed by atoms with Crippen LogP contribution in [0.25, 0.3) is 10.6 Å². The molecule has 0 radical (unpaired) electrons. The lowest BCUT2D eigenvalue weighted by Gasteiger charge is -2.18. The van der Waals surface area contributed by atoms with Crippen LogP contribution < -0.4 is 18.9 Å². The van der Waals surface area contributed by atoms with Crippen LogP contribution >= 0.6 is 23.1 Å². The van der Waals surface area contributed by atoms with Crippen LogP contribution in [0.4, 0.5) is 0 Å². The first-order valence-corrected chi connectivity index (χ1v) is 10.3. The second-order valence-corrected chi connectivity index (χ2v) is 7.69. The van der Waals surface area contributed by atoms with Gasteiger partial charge < -0.3 is 18.9 Å². The predicted molar refractivity (Wildman–Crippen MR) is 108 cm³/mol. The molecule has 7 heteroatoms. The van der Waals surface area contributed by atoms with Crippen molar-refractivity contribution in [1.29, 1.82) is 0 Å². The first-order valence-electron chi connectivity index (χ1n) is 8.46. The fraction of sp³-hybridized carbons (Fsp3) is 0.250. The largest absolute Gasteiger partial charge is 0.493 e. The molecule has 0 amide bonds. The number of benzene rings is 2. The Labute approximate surface area is 166 Å². The van der Waals surface area contributed by atoms with Gasteiger partial charge in [0.2, 0.25) is 0 Å². The Morgan fingerprint density at radius 2 is 1.93 bits per heavy atom. The van der Waals surface area contributed by atoms with Gasteiger partial charge in [0.15, 0.2) is 23.0 Å². The van der Waals surface area contributed by atoms with E-state index in [9.17, 15) is 0 Å². The minimum Gasteiger partial charge on any atom is -0.493 e. The number of hydrogen-bond donors (Lipinski definition) is 0. The summed E-state index contributed by atoms with van der Waals surface area (Å²) in [5, 5.41) is 3.00. The highest BCUT2D eigenvalue weighted by Crippen LogP contribution is 2.40. The van der Waals surface area contributed by atoms with Gasteiger partial charge in [0.1, 0.15) is 18.2 Å². The lowest BCUT2D eigenvalue weighted by molar-refractivity contribution is 0.171. The lowest BCUT2D eigenvalue weighted by atomic mass is 10.2. The first-order chi connectivity index (χ1) is 13.3. The van der Waals surface area contributed by atoms with Crippen LogP contribution in [0.5, 0.6) is 23.0 Å². The normalized spacial score (nSPS) is 12.7. The number of ether oxygens (including phenoxy) is 4. The summed E-state index contributed by atoms with van der Waals surface area (Å²) in [6.07, 6.45) is 0. The average molecular weight is 402 g/mol. The van der Waals surface area contributed by atoms with Crippen LogP contribution in [0, 0.1) is 0 Å². The van der Waals surface area contributed by atoms with Gasteiger partial charge in [0.05, 0.1) is 25.5 Å². The second-order valence-electron chi connectivity index (χ2n) is 5.78. The maximum Gasteiger partial charge on any atom is 0.170 e.